The first kappa shape index (κ1) is 11.5. The van der Waals surface area contributed by atoms with Crippen molar-refractivity contribution in [3.8, 4) is 5.88 Å². The number of carbonyl (C=O) groups is 1. The van der Waals surface area contributed by atoms with Gasteiger partial charge in [-0.15, -0.1) is 0 Å². The fourth-order valence-electron chi connectivity index (χ4n) is 2.13. The molecule has 2 heterocycles. The van der Waals surface area contributed by atoms with Crippen LogP contribution in [0.2, 0.25) is 0 Å². The van der Waals surface area contributed by atoms with Crippen LogP contribution in [0, 0.1) is 6.92 Å². The summed E-state index contributed by atoms with van der Waals surface area (Å²) in [5.41, 5.74) is 1.73. The van der Waals surface area contributed by atoms with Crippen LogP contribution >= 0.6 is 0 Å². The SMILES string of the molecule is COC(=O)c1ccc2[nH]c3nc(C)nc(O)c3c2c1. The minimum atomic E-state index is -0.427. The van der Waals surface area contributed by atoms with Crippen molar-refractivity contribution in [2.45, 2.75) is 6.92 Å². The van der Waals surface area contributed by atoms with E-state index in [1.807, 2.05) is 0 Å². The summed E-state index contributed by atoms with van der Waals surface area (Å²) in [7, 11) is 1.33. The van der Waals surface area contributed by atoms with Gasteiger partial charge in [-0.25, -0.2) is 9.78 Å². The number of ether oxygens (including phenoxy) is 1. The van der Waals surface area contributed by atoms with E-state index in [0.717, 1.165) is 5.52 Å². The minimum absolute atomic E-state index is 0.101. The lowest BCUT2D eigenvalue weighted by molar-refractivity contribution is 0.0601. The zero-order chi connectivity index (χ0) is 13.6. The second-order valence-corrected chi connectivity index (χ2v) is 4.19. The van der Waals surface area contributed by atoms with Crippen LogP contribution in [-0.4, -0.2) is 33.1 Å². The van der Waals surface area contributed by atoms with Crippen molar-refractivity contribution in [2.75, 3.05) is 7.11 Å². The van der Waals surface area contributed by atoms with E-state index in [4.69, 9.17) is 0 Å². The van der Waals surface area contributed by atoms with E-state index in [-0.39, 0.29) is 5.88 Å². The number of methoxy groups -OCH3 is 1. The Balaban J connectivity index is 2.38. The van der Waals surface area contributed by atoms with E-state index in [2.05, 4.69) is 19.7 Å². The van der Waals surface area contributed by atoms with Gasteiger partial charge < -0.3 is 14.8 Å². The van der Waals surface area contributed by atoms with Gasteiger partial charge in [-0.05, 0) is 25.1 Å². The third-order valence-corrected chi connectivity index (χ3v) is 2.96. The van der Waals surface area contributed by atoms with E-state index < -0.39 is 5.97 Å². The van der Waals surface area contributed by atoms with Gasteiger partial charge >= 0.3 is 5.97 Å². The normalized spacial score (nSPS) is 11.1. The van der Waals surface area contributed by atoms with Crippen molar-refractivity contribution in [1.82, 2.24) is 15.0 Å². The van der Waals surface area contributed by atoms with Crippen molar-refractivity contribution in [3.05, 3.63) is 29.6 Å². The third kappa shape index (κ3) is 1.69. The summed E-state index contributed by atoms with van der Waals surface area (Å²) in [6.45, 7) is 1.70. The third-order valence-electron chi connectivity index (χ3n) is 2.96. The highest BCUT2D eigenvalue weighted by molar-refractivity contribution is 6.10. The van der Waals surface area contributed by atoms with Crippen LogP contribution in [0.4, 0.5) is 0 Å². The lowest BCUT2D eigenvalue weighted by atomic mass is 10.1. The number of aromatic hydroxyl groups is 1. The Morgan fingerprint density at radius 1 is 1.37 bits per heavy atom. The highest BCUT2D eigenvalue weighted by Crippen LogP contribution is 2.30. The van der Waals surface area contributed by atoms with Gasteiger partial charge in [0.05, 0.1) is 18.1 Å². The second kappa shape index (κ2) is 3.94. The lowest BCUT2D eigenvalue weighted by Gasteiger charge is -1.99. The quantitative estimate of drug-likeness (QED) is 0.650. The molecule has 0 spiro atoms. The molecular formula is C13H11N3O3. The molecule has 0 fully saturated rings. The smallest absolute Gasteiger partial charge is 0.337 e. The Kier molecular flexibility index (Phi) is 2.38. The molecular weight excluding hydrogens is 246 g/mol. The Bertz CT molecular complexity index is 808. The van der Waals surface area contributed by atoms with Crippen LogP contribution in [0.3, 0.4) is 0 Å². The molecule has 0 saturated carbocycles. The van der Waals surface area contributed by atoms with Crippen LogP contribution in [-0.2, 0) is 4.74 Å². The Hall–Kier alpha value is -2.63. The molecule has 0 aliphatic heterocycles. The maximum Gasteiger partial charge on any atom is 0.337 e. The van der Waals surface area contributed by atoms with Gasteiger partial charge in [-0.2, -0.15) is 4.98 Å². The number of H-pyrrole nitrogens is 1. The average Bonchev–Trinajstić information content (AvgIpc) is 2.74. The summed E-state index contributed by atoms with van der Waals surface area (Å²) in [6.07, 6.45) is 0. The van der Waals surface area contributed by atoms with Crippen LogP contribution in [0.25, 0.3) is 21.9 Å². The first-order valence-electron chi connectivity index (χ1n) is 5.67. The molecule has 0 saturated heterocycles. The molecule has 0 amide bonds. The molecule has 0 bridgehead atoms. The fourth-order valence-corrected chi connectivity index (χ4v) is 2.13. The molecule has 19 heavy (non-hydrogen) atoms. The van der Waals surface area contributed by atoms with Crippen molar-refractivity contribution in [3.63, 3.8) is 0 Å². The van der Waals surface area contributed by atoms with Gasteiger partial charge in [0.15, 0.2) is 0 Å². The number of nitrogens with one attached hydrogen (secondary N) is 1. The van der Waals surface area contributed by atoms with Crippen molar-refractivity contribution < 1.29 is 14.6 Å². The van der Waals surface area contributed by atoms with Gasteiger partial charge in [0, 0.05) is 10.9 Å². The van der Waals surface area contributed by atoms with E-state index in [9.17, 15) is 9.90 Å². The van der Waals surface area contributed by atoms with Crippen LogP contribution < -0.4 is 0 Å². The topological polar surface area (TPSA) is 88.1 Å². The number of rotatable bonds is 1. The number of carbonyl (C=O) groups excluding carboxylic acids is 1. The predicted octanol–water partition coefficient (Wildman–Crippen LogP) is 1.91. The molecule has 0 radical (unpaired) electrons. The van der Waals surface area contributed by atoms with Crippen molar-refractivity contribution >= 4 is 27.9 Å². The first-order chi connectivity index (χ1) is 9.10. The summed E-state index contributed by atoms with van der Waals surface area (Å²) in [6, 6.07) is 5.05. The van der Waals surface area contributed by atoms with Gasteiger partial charge in [0.1, 0.15) is 11.5 Å². The lowest BCUT2D eigenvalue weighted by Crippen LogP contribution is -2.00. The maximum atomic E-state index is 11.5. The number of benzene rings is 1. The molecule has 0 aliphatic carbocycles. The van der Waals surface area contributed by atoms with E-state index >= 15 is 0 Å². The molecule has 2 N–H and O–H groups in total. The van der Waals surface area contributed by atoms with Gasteiger partial charge in [0.25, 0.3) is 0 Å². The number of aromatic nitrogens is 3. The monoisotopic (exact) mass is 257 g/mol. The van der Waals surface area contributed by atoms with Crippen LogP contribution in [0.1, 0.15) is 16.2 Å². The van der Waals surface area contributed by atoms with Crippen molar-refractivity contribution in [2.24, 2.45) is 0 Å². The second-order valence-electron chi connectivity index (χ2n) is 4.19. The fraction of sp³-hybridized carbons (Fsp3) is 0.154. The molecule has 0 atom stereocenters. The number of esters is 1. The Labute approximate surface area is 108 Å². The number of fused-ring (bicyclic) bond motifs is 3. The number of aryl methyl sites for hydroxylation is 1. The van der Waals surface area contributed by atoms with E-state index in [1.165, 1.54) is 7.11 Å². The highest BCUT2D eigenvalue weighted by Gasteiger charge is 2.14. The van der Waals surface area contributed by atoms with E-state index in [0.29, 0.717) is 27.8 Å². The van der Waals surface area contributed by atoms with Crippen molar-refractivity contribution in [1.29, 1.82) is 0 Å². The standard InChI is InChI=1S/C13H11N3O3/c1-6-14-11-10(12(17)15-6)8-5-7(13(18)19-2)3-4-9(8)16-11/h3-5H,1-2H3,(H2,14,15,16,17). The van der Waals surface area contributed by atoms with E-state index in [1.54, 1.807) is 25.1 Å². The zero-order valence-electron chi connectivity index (χ0n) is 10.4. The average molecular weight is 257 g/mol. The van der Waals surface area contributed by atoms with Gasteiger partial charge in [0.2, 0.25) is 5.88 Å². The number of nitrogens with zero attached hydrogens (tertiary/aromatic N) is 2. The summed E-state index contributed by atoms with van der Waals surface area (Å²) in [5, 5.41) is 11.1. The molecule has 3 aromatic rings. The zero-order valence-corrected chi connectivity index (χ0v) is 10.4. The minimum Gasteiger partial charge on any atom is -0.493 e. The summed E-state index contributed by atoms with van der Waals surface area (Å²) < 4.78 is 4.68. The maximum absolute atomic E-state index is 11.5. The molecule has 2 aromatic heterocycles. The summed E-state index contributed by atoms with van der Waals surface area (Å²) >= 11 is 0. The molecule has 96 valence electrons. The number of hydrogen-bond acceptors (Lipinski definition) is 5. The van der Waals surface area contributed by atoms with Crippen LogP contribution in [0.5, 0.6) is 5.88 Å². The van der Waals surface area contributed by atoms with Crippen LogP contribution in [0.15, 0.2) is 18.2 Å². The molecule has 6 heteroatoms. The molecule has 0 aliphatic rings. The Morgan fingerprint density at radius 2 is 2.16 bits per heavy atom. The summed E-state index contributed by atoms with van der Waals surface area (Å²) in [5.74, 6) is -0.0516. The molecule has 0 unspecified atom stereocenters. The highest BCUT2D eigenvalue weighted by atomic mass is 16.5. The van der Waals surface area contributed by atoms with Gasteiger partial charge in [-0.3, -0.25) is 0 Å². The van der Waals surface area contributed by atoms with Gasteiger partial charge in [-0.1, -0.05) is 0 Å². The number of hydrogen-bond donors (Lipinski definition) is 2. The first-order valence-corrected chi connectivity index (χ1v) is 5.67. The number of aromatic amines is 1. The Morgan fingerprint density at radius 3 is 2.89 bits per heavy atom. The largest absolute Gasteiger partial charge is 0.493 e. The molecule has 3 rings (SSSR count). The molecule has 1 aromatic carbocycles. The molecule has 6 nitrogen and oxygen atoms in total. The predicted molar refractivity (Wildman–Crippen MR) is 69.1 cm³/mol. The summed E-state index contributed by atoms with van der Waals surface area (Å²) in [4.78, 5) is 22.8.